The van der Waals surface area contributed by atoms with Crippen LogP contribution in [0.1, 0.15) is 25.7 Å². The molecule has 114 valence electrons. The van der Waals surface area contributed by atoms with Crippen molar-refractivity contribution in [2.24, 2.45) is 0 Å². The van der Waals surface area contributed by atoms with Crippen molar-refractivity contribution >= 4 is 91.4 Å². The van der Waals surface area contributed by atoms with E-state index < -0.39 is 39.1 Å². The first-order valence-electron chi connectivity index (χ1n) is 5.69. The van der Waals surface area contributed by atoms with Crippen molar-refractivity contribution in [1.82, 2.24) is 0 Å². The fraction of sp³-hybridized carbons (Fsp3) is 0.778. The van der Waals surface area contributed by atoms with E-state index in [4.69, 9.17) is 19.1 Å². The van der Waals surface area contributed by atoms with Crippen molar-refractivity contribution in [3.8, 4) is 0 Å². The molecule has 0 radical (unpaired) electrons. The summed E-state index contributed by atoms with van der Waals surface area (Å²) in [6, 6.07) is 0. The maximum absolute atomic E-state index is 11.7. The summed E-state index contributed by atoms with van der Waals surface area (Å²) in [5, 5.41) is 6.44. The minimum atomic E-state index is -4.83. The quantitative estimate of drug-likeness (QED) is 0.305. The molecule has 1 rings (SSSR count). The predicted octanol–water partition coefficient (Wildman–Crippen LogP) is -2.82. The minimum absolute atomic E-state index is 0. The van der Waals surface area contributed by atoms with Gasteiger partial charge in [-0.05, 0) is 12.8 Å². The number of rotatable bonds is 5. The van der Waals surface area contributed by atoms with Crippen LogP contribution in [-0.2, 0) is 29.2 Å². The standard InChI is InChI=1S/C9H16O8SSi.2Na.2H/c10-7(11)5-6(18(13,14)15)8(12)17-9(19)3-1-2-4-16-9;;;;/h6H,1-5H2,19H3,(H,10,11)(H,13,14,15);;;;. The zero-order valence-electron chi connectivity index (χ0n) is 10.4. The molecule has 2 N–H and O–H groups in total. The van der Waals surface area contributed by atoms with Gasteiger partial charge < -0.3 is 14.6 Å². The molecule has 2 atom stereocenters. The Balaban J connectivity index is 0. The number of carboxylic acids is 1. The van der Waals surface area contributed by atoms with Gasteiger partial charge in [-0.25, -0.2) is 0 Å². The third kappa shape index (κ3) is 8.44. The van der Waals surface area contributed by atoms with E-state index in [2.05, 4.69) is 0 Å². The Kier molecular flexibility index (Phi) is 11.6. The van der Waals surface area contributed by atoms with Crippen LogP contribution in [-0.4, -0.2) is 117 Å². The molecule has 8 nitrogen and oxygen atoms in total. The van der Waals surface area contributed by atoms with Crippen LogP contribution in [0.4, 0.5) is 0 Å². The van der Waals surface area contributed by atoms with Gasteiger partial charge in [0.05, 0.1) is 23.3 Å². The van der Waals surface area contributed by atoms with Gasteiger partial charge >= 0.3 is 71.1 Å². The Morgan fingerprint density at radius 1 is 1.33 bits per heavy atom. The summed E-state index contributed by atoms with van der Waals surface area (Å²) >= 11 is 0. The molecule has 0 aromatic carbocycles. The summed E-state index contributed by atoms with van der Waals surface area (Å²) in [7, 11) is -4.51. The van der Waals surface area contributed by atoms with Gasteiger partial charge in [0.2, 0.25) is 0 Å². The first kappa shape index (κ1) is 24.3. The number of carbonyl (C=O) groups is 2. The molecule has 0 aromatic heterocycles. The molecule has 0 spiro atoms. The van der Waals surface area contributed by atoms with E-state index in [1.54, 1.807) is 0 Å². The zero-order chi connectivity index (χ0) is 14.7. The molecule has 0 amide bonds. The first-order valence-corrected chi connectivity index (χ1v) is 8.19. The van der Waals surface area contributed by atoms with Gasteiger partial charge in [-0.1, -0.05) is 0 Å². The van der Waals surface area contributed by atoms with Crippen molar-refractivity contribution in [1.29, 1.82) is 0 Å². The summed E-state index contributed by atoms with van der Waals surface area (Å²) in [4.78, 5) is 22.2. The van der Waals surface area contributed by atoms with Crippen LogP contribution in [0.5, 0.6) is 0 Å². The van der Waals surface area contributed by atoms with Gasteiger partial charge in [0.1, 0.15) is 0 Å². The Labute approximate surface area is 170 Å². The zero-order valence-corrected chi connectivity index (χ0v) is 13.2. The Morgan fingerprint density at radius 2 is 1.90 bits per heavy atom. The molecule has 0 bridgehead atoms. The summed E-state index contributed by atoms with van der Waals surface area (Å²) in [6.45, 7) is 0.395. The number of esters is 1. The van der Waals surface area contributed by atoms with Gasteiger partial charge in [0.15, 0.2) is 10.7 Å². The Hall–Kier alpha value is 1.03. The number of ether oxygens (including phenoxy) is 2. The van der Waals surface area contributed by atoms with Crippen molar-refractivity contribution in [3.63, 3.8) is 0 Å². The molecule has 21 heavy (non-hydrogen) atoms. The number of hydrogen-bond acceptors (Lipinski definition) is 6. The molecule has 0 aliphatic carbocycles. The second kappa shape index (κ2) is 10.0. The SMILES string of the molecule is O=C(O)CC(C(=O)OC1([SiH3])CCCCO1)S(=O)(=O)O.[NaH].[NaH]. The molecular weight excluding hydrogens is 342 g/mol. The summed E-state index contributed by atoms with van der Waals surface area (Å²) in [6.07, 6.45) is 0.982. The van der Waals surface area contributed by atoms with Crippen LogP contribution in [0, 0.1) is 0 Å². The van der Waals surface area contributed by atoms with Crippen molar-refractivity contribution < 1.29 is 37.1 Å². The van der Waals surface area contributed by atoms with Crippen LogP contribution in [0.25, 0.3) is 0 Å². The van der Waals surface area contributed by atoms with Gasteiger partial charge in [-0.15, -0.1) is 0 Å². The van der Waals surface area contributed by atoms with Crippen molar-refractivity contribution in [2.45, 2.75) is 36.3 Å². The molecule has 1 aliphatic heterocycles. The fourth-order valence-electron chi connectivity index (χ4n) is 1.74. The molecule has 1 aliphatic rings. The Bertz CT molecular complexity index is 462. The molecule has 1 heterocycles. The topological polar surface area (TPSA) is 127 Å². The van der Waals surface area contributed by atoms with E-state index in [9.17, 15) is 18.0 Å². The molecule has 1 fully saturated rings. The molecule has 2 unspecified atom stereocenters. The van der Waals surface area contributed by atoms with Crippen LogP contribution in [0.2, 0.25) is 0 Å². The first-order chi connectivity index (χ1) is 8.64. The van der Waals surface area contributed by atoms with E-state index >= 15 is 0 Å². The van der Waals surface area contributed by atoms with Crippen molar-refractivity contribution in [2.75, 3.05) is 6.61 Å². The normalized spacial score (nSPS) is 23.3. The second-order valence-corrected chi connectivity index (χ2v) is 7.58. The van der Waals surface area contributed by atoms with Gasteiger partial charge in [-0.2, -0.15) is 8.42 Å². The number of carbonyl (C=O) groups excluding carboxylic acids is 1. The van der Waals surface area contributed by atoms with E-state index in [0.717, 1.165) is 12.8 Å². The second-order valence-electron chi connectivity index (χ2n) is 4.46. The molecule has 1 saturated heterocycles. The summed E-state index contributed by atoms with van der Waals surface area (Å²) in [5.74, 6) is -2.81. The number of hydrogen-bond donors (Lipinski definition) is 2. The van der Waals surface area contributed by atoms with Crippen LogP contribution >= 0.6 is 0 Å². The predicted molar refractivity (Wildman–Crippen MR) is 80.5 cm³/mol. The average Bonchev–Trinajstić information content (AvgIpc) is 2.24. The molecular formula is C9H18Na2O8SSi. The molecule has 0 aromatic rings. The molecule has 12 heteroatoms. The summed E-state index contributed by atoms with van der Waals surface area (Å²) < 4.78 is 41.2. The number of aliphatic carboxylic acids is 1. The van der Waals surface area contributed by atoms with E-state index in [1.165, 1.54) is 0 Å². The van der Waals surface area contributed by atoms with Gasteiger partial charge in [0, 0.05) is 6.42 Å². The molecule has 0 saturated carbocycles. The van der Waals surface area contributed by atoms with Gasteiger partial charge in [0.25, 0.3) is 10.1 Å². The Morgan fingerprint density at radius 3 is 2.29 bits per heavy atom. The maximum atomic E-state index is 11.7. The van der Waals surface area contributed by atoms with E-state index in [0.29, 0.717) is 23.3 Å². The van der Waals surface area contributed by atoms with Crippen LogP contribution < -0.4 is 0 Å². The summed E-state index contributed by atoms with van der Waals surface area (Å²) in [5.41, 5.74) is -1.14. The van der Waals surface area contributed by atoms with Crippen molar-refractivity contribution in [3.05, 3.63) is 0 Å². The van der Waals surface area contributed by atoms with Gasteiger partial charge in [-0.3, -0.25) is 14.1 Å². The van der Waals surface area contributed by atoms with E-state index in [-0.39, 0.29) is 59.1 Å². The third-order valence-corrected chi connectivity index (χ3v) is 4.80. The fourth-order valence-corrected chi connectivity index (χ4v) is 3.14. The average molecular weight is 360 g/mol. The monoisotopic (exact) mass is 360 g/mol. The van der Waals surface area contributed by atoms with Crippen LogP contribution in [0.3, 0.4) is 0 Å². The van der Waals surface area contributed by atoms with Crippen LogP contribution in [0.15, 0.2) is 0 Å². The van der Waals surface area contributed by atoms with E-state index in [1.807, 2.05) is 0 Å². The third-order valence-electron chi connectivity index (χ3n) is 2.73. The number of carboxylic acid groups (broad SMARTS) is 1.